The highest BCUT2D eigenvalue weighted by atomic mass is 16.5. The molecule has 1 fully saturated rings. The van der Waals surface area contributed by atoms with Crippen LogP contribution in [0.5, 0.6) is 0 Å². The molecule has 1 aliphatic carbocycles. The maximum absolute atomic E-state index is 5.47. The fraction of sp³-hybridized carbons (Fsp3) is 0.667. The van der Waals surface area contributed by atoms with Gasteiger partial charge in [-0.1, -0.05) is 23.8 Å². The predicted octanol–water partition coefficient (Wildman–Crippen LogP) is 2.68. The summed E-state index contributed by atoms with van der Waals surface area (Å²) in [5, 5.41) is 3.82. The largest absolute Gasteiger partial charge is 0.379 e. The van der Waals surface area contributed by atoms with Gasteiger partial charge in [0.25, 0.3) is 0 Å². The summed E-state index contributed by atoms with van der Waals surface area (Å²) in [7, 11) is 0. The van der Waals surface area contributed by atoms with Gasteiger partial charge in [-0.05, 0) is 44.7 Å². The lowest BCUT2D eigenvalue weighted by Gasteiger charge is -2.41. The third-order valence-corrected chi connectivity index (χ3v) is 5.03. The smallest absolute Gasteiger partial charge is 0.0594 e. The van der Waals surface area contributed by atoms with Gasteiger partial charge in [-0.2, -0.15) is 0 Å². The number of morpholine rings is 1. The minimum atomic E-state index is 0.191. The van der Waals surface area contributed by atoms with Crippen LogP contribution in [-0.4, -0.2) is 43.3 Å². The van der Waals surface area contributed by atoms with Crippen LogP contribution in [0.3, 0.4) is 0 Å². The van der Waals surface area contributed by atoms with Gasteiger partial charge in [-0.15, -0.1) is 0 Å². The Labute approximate surface area is 128 Å². The Bertz CT molecular complexity index is 492. The molecule has 0 bridgehead atoms. The van der Waals surface area contributed by atoms with Crippen LogP contribution in [0.1, 0.15) is 43.0 Å². The lowest BCUT2D eigenvalue weighted by atomic mass is 10.00. The van der Waals surface area contributed by atoms with E-state index in [0.717, 1.165) is 32.8 Å². The maximum atomic E-state index is 5.47. The van der Waals surface area contributed by atoms with E-state index in [9.17, 15) is 0 Å². The third-order valence-electron chi connectivity index (χ3n) is 5.03. The monoisotopic (exact) mass is 288 g/mol. The van der Waals surface area contributed by atoms with E-state index in [1.165, 1.54) is 29.5 Å². The van der Waals surface area contributed by atoms with Gasteiger partial charge in [-0.25, -0.2) is 0 Å². The zero-order valence-corrected chi connectivity index (χ0v) is 13.6. The highest BCUT2D eigenvalue weighted by molar-refractivity contribution is 5.37. The molecule has 1 N–H and O–H groups in total. The first-order valence-electron chi connectivity index (χ1n) is 8.22. The molecule has 0 spiro atoms. The molecule has 1 heterocycles. The summed E-state index contributed by atoms with van der Waals surface area (Å²) in [5.74, 6) is 0. The van der Waals surface area contributed by atoms with E-state index in [1.54, 1.807) is 0 Å². The summed E-state index contributed by atoms with van der Waals surface area (Å²) >= 11 is 0. The molecule has 0 saturated carbocycles. The van der Waals surface area contributed by atoms with Gasteiger partial charge in [0.1, 0.15) is 0 Å². The first-order valence-corrected chi connectivity index (χ1v) is 8.22. The Morgan fingerprint density at radius 2 is 2.05 bits per heavy atom. The lowest BCUT2D eigenvalue weighted by Crippen LogP contribution is -2.54. The molecule has 1 atom stereocenters. The number of fused-ring (bicyclic) bond motifs is 1. The second-order valence-electron chi connectivity index (χ2n) is 7.09. The fourth-order valence-electron chi connectivity index (χ4n) is 3.59. The number of hydrogen-bond donors (Lipinski definition) is 1. The first-order chi connectivity index (χ1) is 10.1. The van der Waals surface area contributed by atoms with Crippen molar-refractivity contribution >= 4 is 0 Å². The van der Waals surface area contributed by atoms with E-state index in [2.05, 4.69) is 49.2 Å². The molecule has 1 aliphatic heterocycles. The highest BCUT2D eigenvalue weighted by Crippen LogP contribution is 2.32. The molecule has 1 saturated heterocycles. The van der Waals surface area contributed by atoms with Crippen molar-refractivity contribution in [2.45, 2.75) is 45.2 Å². The van der Waals surface area contributed by atoms with E-state index in [0.29, 0.717) is 6.04 Å². The molecule has 1 aromatic carbocycles. The molecule has 0 amide bonds. The summed E-state index contributed by atoms with van der Waals surface area (Å²) in [4.78, 5) is 2.55. The molecule has 21 heavy (non-hydrogen) atoms. The number of nitrogens with one attached hydrogen (secondary N) is 1. The van der Waals surface area contributed by atoms with Crippen molar-refractivity contribution in [2.75, 3.05) is 32.8 Å². The minimum absolute atomic E-state index is 0.191. The van der Waals surface area contributed by atoms with Crippen molar-refractivity contribution in [3.05, 3.63) is 34.9 Å². The van der Waals surface area contributed by atoms with Crippen LogP contribution >= 0.6 is 0 Å². The molecule has 0 aromatic heterocycles. The second kappa shape index (κ2) is 6.07. The van der Waals surface area contributed by atoms with Gasteiger partial charge in [0.05, 0.1) is 13.2 Å². The average Bonchev–Trinajstić information content (AvgIpc) is 2.88. The van der Waals surface area contributed by atoms with E-state index >= 15 is 0 Å². The van der Waals surface area contributed by atoms with Crippen molar-refractivity contribution in [3.63, 3.8) is 0 Å². The van der Waals surface area contributed by atoms with Crippen LogP contribution in [0.2, 0.25) is 0 Å². The lowest BCUT2D eigenvalue weighted by molar-refractivity contribution is -0.0103. The average molecular weight is 288 g/mol. The molecule has 0 radical (unpaired) electrons. The van der Waals surface area contributed by atoms with Crippen LogP contribution < -0.4 is 5.32 Å². The predicted molar refractivity (Wildman–Crippen MR) is 86.7 cm³/mol. The maximum Gasteiger partial charge on any atom is 0.0594 e. The molecule has 1 unspecified atom stereocenters. The zero-order valence-electron chi connectivity index (χ0n) is 13.6. The number of nitrogens with zero attached hydrogens (tertiary/aromatic N) is 1. The Morgan fingerprint density at radius 3 is 2.81 bits per heavy atom. The molecular weight excluding hydrogens is 260 g/mol. The van der Waals surface area contributed by atoms with Gasteiger partial charge < -0.3 is 10.1 Å². The minimum Gasteiger partial charge on any atom is -0.379 e. The van der Waals surface area contributed by atoms with Crippen LogP contribution in [0.15, 0.2) is 18.2 Å². The van der Waals surface area contributed by atoms with Crippen LogP contribution in [0.4, 0.5) is 0 Å². The number of hydrogen-bond acceptors (Lipinski definition) is 3. The summed E-state index contributed by atoms with van der Waals surface area (Å²) in [5.41, 5.74) is 4.61. The number of aryl methyl sites for hydroxylation is 2. The molecular formula is C18H28N2O. The van der Waals surface area contributed by atoms with Crippen molar-refractivity contribution < 1.29 is 4.74 Å². The summed E-state index contributed by atoms with van der Waals surface area (Å²) < 4.78 is 5.47. The summed E-state index contributed by atoms with van der Waals surface area (Å²) in [6, 6.07) is 7.43. The standard InChI is InChI=1S/C18H28N2O/c1-14-4-5-15-6-7-17(16(15)12-14)19-13-18(2,3)20-8-10-21-11-9-20/h4-5,12,17,19H,6-11,13H2,1-3H3. The Hall–Kier alpha value is -0.900. The molecule has 3 nitrogen and oxygen atoms in total. The van der Waals surface area contributed by atoms with Gasteiger partial charge in [0.15, 0.2) is 0 Å². The Kier molecular flexibility index (Phi) is 4.34. The first kappa shape index (κ1) is 15.0. The van der Waals surface area contributed by atoms with E-state index in [-0.39, 0.29) is 5.54 Å². The Morgan fingerprint density at radius 1 is 1.29 bits per heavy atom. The molecule has 116 valence electrons. The highest BCUT2D eigenvalue weighted by Gasteiger charge is 2.30. The number of ether oxygens (including phenoxy) is 1. The number of benzene rings is 1. The molecule has 2 aliphatic rings. The SMILES string of the molecule is Cc1ccc2c(c1)C(NCC(C)(C)N1CCOCC1)CC2. The quantitative estimate of drug-likeness (QED) is 0.922. The zero-order chi connectivity index (χ0) is 14.9. The van der Waals surface area contributed by atoms with E-state index < -0.39 is 0 Å². The van der Waals surface area contributed by atoms with Gasteiger partial charge in [0.2, 0.25) is 0 Å². The van der Waals surface area contributed by atoms with Crippen LogP contribution in [0.25, 0.3) is 0 Å². The van der Waals surface area contributed by atoms with Gasteiger partial charge >= 0.3 is 0 Å². The summed E-state index contributed by atoms with van der Waals surface area (Å²) in [6.07, 6.45) is 2.45. The number of rotatable bonds is 4. The second-order valence-corrected chi connectivity index (χ2v) is 7.09. The topological polar surface area (TPSA) is 24.5 Å². The molecule has 3 heteroatoms. The van der Waals surface area contributed by atoms with E-state index in [4.69, 9.17) is 4.74 Å². The van der Waals surface area contributed by atoms with Crippen molar-refractivity contribution in [2.24, 2.45) is 0 Å². The van der Waals surface area contributed by atoms with E-state index in [1.807, 2.05) is 0 Å². The van der Waals surface area contributed by atoms with Crippen LogP contribution in [0, 0.1) is 6.92 Å². The van der Waals surface area contributed by atoms with Gasteiger partial charge in [-0.3, -0.25) is 4.90 Å². The van der Waals surface area contributed by atoms with Crippen molar-refractivity contribution in [1.29, 1.82) is 0 Å². The Balaban J connectivity index is 1.62. The normalized spacial score (nSPS) is 23.3. The van der Waals surface area contributed by atoms with Crippen molar-refractivity contribution in [1.82, 2.24) is 10.2 Å². The van der Waals surface area contributed by atoms with Crippen molar-refractivity contribution in [3.8, 4) is 0 Å². The van der Waals surface area contributed by atoms with Gasteiger partial charge in [0, 0.05) is 31.2 Å². The fourth-order valence-corrected chi connectivity index (χ4v) is 3.59. The van der Waals surface area contributed by atoms with Crippen LogP contribution in [-0.2, 0) is 11.2 Å². The molecule has 3 rings (SSSR count). The molecule has 1 aromatic rings. The third kappa shape index (κ3) is 3.31. The summed E-state index contributed by atoms with van der Waals surface area (Å²) in [6.45, 7) is 11.8.